The van der Waals surface area contributed by atoms with E-state index in [1.165, 1.54) is 11.3 Å². The number of imidazole rings is 1. The number of anilines is 1. The van der Waals surface area contributed by atoms with Gasteiger partial charge in [0.25, 0.3) is 0 Å². The van der Waals surface area contributed by atoms with Crippen LogP contribution < -0.4 is 10.1 Å². The second-order valence-corrected chi connectivity index (χ2v) is 8.22. The topological polar surface area (TPSA) is 69.0 Å². The lowest BCUT2D eigenvalue weighted by molar-refractivity contribution is -0.116. The van der Waals surface area contributed by atoms with Gasteiger partial charge in [-0.2, -0.15) is 0 Å². The molecule has 0 aliphatic rings. The molecule has 2 aromatic carbocycles. The van der Waals surface area contributed by atoms with E-state index in [1.54, 1.807) is 13.3 Å². The van der Waals surface area contributed by atoms with Crippen molar-refractivity contribution in [1.82, 2.24) is 14.5 Å². The summed E-state index contributed by atoms with van der Waals surface area (Å²) in [5.74, 6) is 2.08. The van der Waals surface area contributed by atoms with Crippen molar-refractivity contribution in [3.63, 3.8) is 0 Å². The van der Waals surface area contributed by atoms with Crippen LogP contribution >= 0.6 is 22.9 Å². The number of rotatable bonds is 7. The summed E-state index contributed by atoms with van der Waals surface area (Å²) in [5.41, 5.74) is 2.91. The summed E-state index contributed by atoms with van der Waals surface area (Å²) < 4.78 is 7.02. The van der Waals surface area contributed by atoms with E-state index in [0.29, 0.717) is 23.7 Å². The van der Waals surface area contributed by atoms with E-state index >= 15 is 0 Å². The third-order valence-electron chi connectivity index (χ3n) is 4.83. The maximum atomic E-state index is 12.6. The Kier molecular flexibility index (Phi) is 6.34. The van der Waals surface area contributed by atoms with E-state index in [1.807, 2.05) is 65.4 Å². The number of ether oxygens (including phenoxy) is 1. The standard InChI is InChI=1S/C23H21ClN4O2S/c1-15-25-13-21(27-22(29)12-5-16-3-10-19(30-2)11-4-16)28(15)23-26-20(14-31-23)17-6-8-18(24)9-7-17/h3-4,6-11,13-14H,5,12H2,1-2H3,(H,27,29). The Morgan fingerprint density at radius 2 is 1.90 bits per heavy atom. The molecule has 158 valence electrons. The molecule has 0 aliphatic carbocycles. The molecule has 0 aliphatic heterocycles. The molecule has 0 atom stereocenters. The number of nitrogens with zero attached hydrogens (tertiary/aromatic N) is 3. The lowest BCUT2D eigenvalue weighted by Crippen LogP contribution is -2.15. The molecule has 1 N–H and O–H groups in total. The number of halogens is 1. The summed E-state index contributed by atoms with van der Waals surface area (Å²) in [6, 6.07) is 15.3. The number of benzene rings is 2. The molecule has 6 nitrogen and oxygen atoms in total. The van der Waals surface area contributed by atoms with E-state index in [4.69, 9.17) is 21.3 Å². The zero-order valence-corrected chi connectivity index (χ0v) is 18.7. The summed E-state index contributed by atoms with van der Waals surface area (Å²) in [6.45, 7) is 1.89. The third kappa shape index (κ3) is 4.95. The second kappa shape index (κ2) is 9.32. The molecule has 0 saturated heterocycles. The molecule has 0 saturated carbocycles. The van der Waals surface area contributed by atoms with Crippen LogP contribution in [0.1, 0.15) is 17.8 Å². The fourth-order valence-electron chi connectivity index (χ4n) is 3.15. The van der Waals surface area contributed by atoms with Crippen molar-refractivity contribution in [2.24, 2.45) is 0 Å². The molecule has 4 rings (SSSR count). The maximum absolute atomic E-state index is 12.6. The number of hydrogen-bond acceptors (Lipinski definition) is 5. The highest BCUT2D eigenvalue weighted by Crippen LogP contribution is 2.28. The van der Waals surface area contributed by atoms with Gasteiger partial charge in [-0.25, -0.2) is 9.97 Å². The van der Waals surface area contributed by atoms with Gasteiger partial charge in [-0.15, -0.1) is 11.3 Å². The number of carbonyl (C=O) groups excluding carboxylic acids is 1. The van der Waals surface area contributed by atoms with Crippen LogP contribution in [0.4, 0.5) is 5.82 Å². The first-order valence-electron chi connectivity index (χ1n) is 9.72. The van der Waals surface area contributed by atoms with Crippen molar-refractivity contribution in [2.75, 3.05) is 12.4 Å². The van der Waals surface area contributed by atoms with E-state index in [-0.39, 0.29) is 5.91 Å². The van der Waals surface area contributed by atoms with Crippen molar-refractivity contribution < 1.29 is 9.53 Å². The van der Waals surface area contributed by atoms with Crippen molar-refractivity contribution in [2.45, 2.75) is 19.8 Å². The zero-order valence-electron chi connectivity index (χ0n) is 17.1. The lowest BCUT2D eigenvalue weighted by Gasteiger charge is -2.09. The summed E-state index contributed by atoms with van der Waals surface area (Å²) in [6.07, 6.45) is 2.66. The largest absolute Gasteiger partial charge is 0.497 e. The molecular formula is C23H21ClN4O2S. The minimum absolute atomic E-state index is 0.0774. The first-order valence-corrected chi connectivity index (χ1v) is 11.0. The molecule has 0 bridgehead atoms. The van der Waals surface area contributed by atoms with E-state index in [9.17, 15) is 4.79 Å². The summed E-state index contributed by atoms with van der Waals surface area (Å²) >= 11 is 7.47. The highest BCUT2D eigenvalue weighted by molar-refractivity contribution is 7.12. The van der Waals surface area contributed by atoms with Crippen molar-refractivity contribution in [3.05, 3.63) is 76.5 Å². The molecule has 1 amide bonds. The second-order valence-electron chi connectivity index (χ2n) is 6.94. The number of thiazole rings is 1. The van der Waals surface area contributed by atoms with Gasteiger partial charge >= 0.3 is 0 Å². The van der Waals surface area contributed by atoms with Gasteiger partial charge in [0.15, 0.2) is 5.13 Å². The number of carbonyl (C=O) groups is 1. The van der Waals surface area contributed by atoms with E-state index in [0.717, 1.165) is 33.5 Å². The molecule has 0 fully saturated rings. The molecule has 2 heterocycles. The van der Waals surface area contributed by atoms with Crippen LogP contribution in [-0.4, -0.2) is 27.6 Å². The Balaban J connectivity index is 1.46. The lowest BCUT2D eigenvalue weighted by atomic mass is 10.1. The third-order valence-corrected chi connectivity index (χ3v) is 5.91. The minimum atomic E-state index is -0.0774. The van der Waals surface area contributed by atoms with Gasteiger partial charge in [-0.1, -0.05) is 35.9 Å². The van der Waals surface area contributed by atoms with Crippen molar-refractivity contribution in [1.29, 1.82) is 0 Å². The number of amides is 1. The number of methoxy groups -OCH3 is 1. The minimum Gasteiger partial charge on any atom is -0.497 e. The van der Waals surface area contributed by atoms with E-state index < -0.39 is 0 Å². The smallest absolute Gasteiger partial charge is 0.225 e. The van der Waals surface area contributed by atoms with Crippen LogP contribution in [-0.2, 0) is 11.2 Å². The van der Waals surface area contributed by atoms with E-state index in [2.05, 4.69) is 10.3 Å². The first kappa shape index (κ1) is 21.1. The summed E-state index contributed by atoms with van der Waals surface area (Å²) in [4.78, 5) is 21.6. The van der Waals surface area contributed by atoms with Crippen LogP contribution in [0.5, 0.6) is 5.75 Å². The van der Waals surface area contributed by atoms with Crippen molar-refractivity contribution in [3.8, 4) is 22.1 Å². The Bertz CT molecular complexity index is 1180. The fraction of sp³-hybridized carbons (Fsp3) is 0.174. The van der Waals surface area contributed by atoms with Gasteiger partial charge in [-0.05, 0) is 43.2 Å². The Hall–Kier alpha value is -3.16. The number of hydrogen-bond donors (Lipinski definition) is 1. The van der Waals surface area contributed by atoms with Crippen LogP contribution in [0.3, 0.4) is 0 Å². The normalized spacial score (nSPS) is 10.8. The summed E-state index contributed by atoms with van der Waals surface area (Å²) in [7, 11) is 1.63. The van der Waals surface area contributed by atoms with Crippen LogP contribution in [0.25, 0.3) is 16.4 Å². The van der Waals surface area contributed by atoms with Gasteiger partial charge in [0, 0.05) is 22.4 Å². The first-order chi connectivity index (χ1) is 15.0. The predicted octanol–water partition coefficient (Wildman–Crippen LogP) is 5.54. The maximum Gasteiger partial charge on any atom is 0.225 e. The number of nitrogens with one attached hydrogen (secondary N) is 1. The monoisotopic (exact) mass is 452 g/mol. The molecule has 0 spiro atoms. The fourth-order valence-corrected chi connectivity index (χ4v) is 4.17. The van der Waals surface area contributed by atoms with Gasteiger partial charge in [-0.3, -0.25) is 9.36 Å². The molecule has 31 heavy (non-hydrogen) atoms. The zero-order chi connectivity index (χ0) is 21.8. The molecule has 4 aromatic rings. The average Bonchev–Trinajstić information content (AvgIpc) is 3.40. The molecule has 0 unspecified atom stereocenters. The average molecular weight is 453 g/mol. The van der Waals surface area contributed by atoms with Crippen molar-refractivity contribution >= 4 is 34.7 Å². The number of aromatic nitrogens is 3. The van der Waals surface area contributed by atoms with Gasteiger partial charge < -0.3 is 10.1 Å². The Morgan fingerprint density at radius 3 is 2.61 bits per heavy atom. The molecule has 8 heteroatoms. The van der Waals surface area contributed by atoms with Crippen LogP contribution in [0, 0.1) is 6.92 Å². The van der Waals surface area contributed by atoms with Crippen LogP contribution in [0.15, 0.2) is 60.1 Å². The summed E-state index contributed by atoms with van der Waals surface area (Å²) in [5, 5.41) is 6.37. The predicted molar refractivity (Wildman–Crippen MR) is 124 cm³/mol. The Labute approximate surface area is 189 Å². The van der Waals surface area contributed by atoms with Gasteiger partial charge in [0.05, 0.1) is 19.0 Å². The highest BCUT2D eigenvalue weighted by atomic mass is 35.5. The Morgan fingerprint density at radius 1 is 1.16 bits per heavy atom. The number of aryl methyl sites for hydroxylation is 2. The quantitative estimate of drug-likeness (QED) is 0.400. The van der Waals surface area contributed by atoms with Crippen LogP contribution in [0.2, 0.25) is 5.02 Å². The molecule has 0 radical (unpaired) electrons. The van der Waals surface area contributed by atoms with Gasteiger partial charge in [0.2, 0.25) is 5.91 Å². The SMILES string of the molecule is COc1ccc(CCC(=O)Nc2cnc(C)n2-c2nc(-c3ccc(Cl)cc3)cs2)cc1. The highest BCUT2D eigenvalue weighted by Gasteiger charge is 2.15. The molecular weight excluding hydrogens is 432 g/mol. The van der Waals surface area contributed by atoms with Gasteiger partial charge in [0.1, 0.15) is 17.4 Å². The molecule has 2 aromatic heterocycles.